The van der Waals surface area contributed by atoms with E-state index in [1.54, 1.807) is 0 Å². The highest BCUT2D eigenvalue weighted by molar-refractivity contribution is 6.62. The maximum absolute atomic E-state index is 12.6. The molecule has 0 aliphatic carbocycles. The lowest BCUT2D eigenvalue weighted by Crippen LogP contribution is -2.64. The van der Waals surface area contributed by atoms with E-state index in [9.17, 15) is 38.9 Å². The van der Waals surface area contributed by atoms with E-state index >= 15 is 0 Å². The fourth-order valence-electron chi connectivity index (χ4n) is 3.93. The normalized spacial score (nSPS) is 20.6. The predicted molar refractivity (Wildman–Crippen MR) is 148 cm³/mol. The molecule has 19 heteroatoms. The van der Waals surface area contributed by atoms with Crippen LogP contribution in [0.15, 0.2) is 18.2 Å². The molecule has 0 spiro atoms. The second-order valence-corrected chi connectivity index (χ2v) is 9.82. The summed E-state index contributed by atoms with van der Waals surface area (Å²) in [5, 5.41) is 11.3. The van der Waals surface area contributed by atoms with E-state index in [-0.39, 0.29) is 18.7 Å². The Hall–Kier alpha value is -4.71. The van der Waals surface area contributed by atoms with Crippen molar-refractivity contribution in [2.45, 2.75) is 58.1 Å². The standard InChI is InChI=1S/C26H32ClN3O15/c1-13(31)41-19-20(42-14(2)32)22(43-15(3)33)24(45-21(19)23(34)39-6)44-18-8-7-16(11-17(18)30(37)38)12-40-26(36)29(5)10-9-28(4)25(27)35/h7-8,11,19-22,24H,9-10,12H2,1-6H3/t19-,20-,21-,22+,24+/m0/s1. The van der Waals surface area contributed by atoms with Crippen LogP contribution in [0.3, 0.4) is 0 Å². The van der Waals surface area contributed by atoms with Crippen LogP contribution in [0.1, 0.15) is 26.3 Å². The zero-order valence-electron chi connectivity index (χ0n) is 25.1. The number of nitro groups is 1. The van der Waals surface area contributed by atoms with Gasteiger partial charge in [-0.2, -0.15) is 0 Å². The summed E-state index contributed by atoms with van der Waals surface area (Å²) in [7, 11) is 3.85. The smallest absolute Gasteiger partial charge is 0.409 e. The van der Waals surface area contributed by atoms with Gasteiger partial charge in [0.25, 0.3) is 0 Å². The number of ether oxygens (including phenoxy) is 7. The van der Waals surface area contributed by atoms with E-state index in [1.165, 1.54) is 25.1 Å². The lowest BCUT2D eigenvalue weighted by Gasteiger charge is -2.42. The SMILES string of the molecule is COC(=O)[C@H]1O[C@@H](Oc2ccc(COC(=O)N(C)CCN(C)C(=O)Cl)cc2[N+](=O)[O-])[C@H](OC(C)=O)[C@@H](OC(C)=O)[C@@H]1OC(C)=O. The first kappa shape index (κ1) is 36.5. The molecule has 5 atom stereocenters. The number of carbonyl (C=O) groups excluding carboxylic acids is 6. The zero-order chi connectivity index (χ0) is 34.0. The van der Waals surface area contributed by atoms with Crippen LogP contribution in [0, 0.1) is 10.1 Å². The van der Waals surface area contributed by atoms with E-state index in [0.29, 0.717) is 0 Å². The van der Waals surface area contributed by atoms with Crippen LogP contribution in [0.4, 0.5) is 15.3 Å². The second-order valence-electron chi connectivity index (χ2n) is 9.50. The van der Waals surface area contributed by atoms with Gasteiger partial charge in [0.15, 0.2) is 24.1 Å². The minimum Gasteiger partial charge on any atom is -0.467 e. The van der Waals surface area contributed by atoms with Gasteiger partial charge in [0.05, 0.1) is 12.0 Å². The Balaban J connectivity index is 2.37. The fourth-order valence-corrected chi connectivity index (χ4v) is 4.01. The topological polar surface area (TPSA) is 217 Å². The van der Waals surface area contributed by atoms with Gasteiger partial charge in [-0.1, -0.05) is 6.07 Å². The van der Waals surface area contributed by atoms with Crippen molar-refractivity contribution in [1.29, 1.82) is 0 Å². The first-order valence-corrected chi connectivity index (χ1v) is 13.4. The van der Waals surface area contributed by atoms with Gasteiger partial charge < -0.3 is 43.0 Å². The third-order valence-electron chi connectivity index (χ3n) is 6.04. The third kappa shape index (κ3) is 10.5. The molecule has 1 aliphatic heterocycles. The van der Waals surface area contributed by atoms with Crippen LogP contribution in [0.2, 0.25) is 0 Å². The fraction of sp³-hybridized carbons (Fsp3) is 0.538. The number of halogens is 1. The molecule has 0 bridgehead atoms. The van der Waals surface area contributed by atoms with E-state index in [0.717, 1.165) is 44.9 Å². The first-order chi connectivity index (χ1) is 21.0. The highest BCUT2D eigenvalue weighted by atomic mass is 35.5. The number of rotatable bonds is 12. The van der Waals surface area contributed by atoms with Gasteiger partial charge in [0.2, 0.25) is 12.4 Å². The van der Waals surface area contributed by atoms with Crippen LogP contribution in [-0.4, -0.2) is 115 Å². The Morgan fingerprint density at radius 3 is 2.00 bits per heavy atom. The average molecular weight is 662 g/mol. The van der Waals surface area contributed by atoms with Crippen molar-refractivity contribution < 1.29 is 66.8 Å². The number of hydrogen-bond acceptors (Lipinski definition) is 15. The van der Waals surface area contributed by atoms with Crippen LogP contribution in [-0.2, 0) is 54.2 Å². The predicted octanol–water partition coefficient (Wildman–Crippen LogP) is 1.53. The van der Waals surface area contributed by atoms with Crippen molar-refractivity contribution in [2.75, 3.05) is 34.3 Å². The van der Waals surface area contributed by atoms with Gasteiger partial charge in [-0.05, 0) is 23.2 Å². The molecule has 18 nitrogen and oxygen atoms in total. The van der Waals surface area contributed by atoms with E-state index in [2.05, 4.69) is 0 Å². The maximum Gasteiger partial charge on any atom is 0.409 e. The third-order valence-corrected chi connectivity index (χ3v) is 6.33. The molecular weight excluding hydrogens is 630 g/mol. The summed E-state index contributed by atoms with van der Waals surface area (Å²) in [5.41, 5.74) is -0.477. The monoisotopic (exact) mass is 661 g/mol. The lowest BCUT2D eigenvalue weighted by atomic mass is 9.97. The Morgan fingerprint density at radius 1 is 0.911 bits per heavy atom. The molecule has 1 heterocycles. The molecule has 1 aromatic rings. The number of carbonyl (C=O) groups is 6. The summed E-state index contributed by atoms with van der Waals surface area (Å²) < 4.78 is 36.9. The van der Waals surface area contributed by atoms with Crippen molar-refractivity contribution in [2.24, 2.45) is 0 Å². The summed E-state index contributed by atoms with van der Waals surface area (Å²) in [6.07, 6.45) is -9.43. The quantitative estimate of drug-likeness (QED) is 0.0774. The Morgan fingerprint density at radius 2 is 1.47 bits per heavy atom. The highest BCUT2D eigenvalue weighted by Gasteiger charge is 2.56. The van der Waals surface area contributed by atoms with Gasteiger partial charge in [0.1, 0.15) is 6.61 Å². The molecule has 0 unspecified atom stereocenters. The molecule has 2 rings (SSSR count). The molecule has 1 fully saturated rings. The van der Waals surface area contributed by atoms with Gasteiger partial charge in [0, 0.05) is 54.0 Å². The van der Waals surface area contributed by atoms with E-state index < -0.39 is 89.0 Å². The summed E-state index contributed by atoms with van der Waals surface area (Å²) in [6.45, 7) is 2.83. The molecule has 0 radical (unpaired) electrons. The van der Waals surface area contributed by atoms with Gasteiger partial charge >= 0.3 is 41.0 Å². The molecule has 0 N–H and O–H groups in total. The van der Waals surface area contributed by atoms with Crippen molar-refractivity contribution in [1.82, 2.24) is 9.80 Å². The first-order valence-electron chi connectivity index (χ1n) is 13.0. The van der Waals surface area contributed by atoms with E-state index in [4.69, 9.17) is 44.8 Å². The number of likely N-dealkylation sites (N-methyl/N-ethyl adjacent to an activating group) is 2. The number of methoxy groups -OCH3 is 1. The van der Waals surface area contributed by atoms with Crippen molar-refractivity contribution in [3.8, 4) is 5.75 Å². The average Bonchev–Trinajstić information content (AvgIpc) is 2.96. The summed E-state index contributed by atoms with van der Waals surface area (Å²) in [6, 6.07) is 3.49. The number of nitrogens with zero attached hydrogens (tertiary/aromatic N) is 3. The highest BCUT2D eigenvalue weighted by Crippen LogP contribution is 2.35. The zero-order valence-corrected chi connectivity index (χ0v) is 25.8. The molecule has 248 valence electrons. The Kier molecular flexibility index (Phi) is 13.3. The van der Waals surface area contributed by atoms with Crippen molar-refractivity contribution in [3.05, 3.63) is 33.9 Å². The number of hydrogen-bond donors (Lipinski definition) is 0. The molecule has 1 aliphatic rings. The van der Waals surface area contributed by atoms with E-state index in [1.807, 2.05) is 0 Å². The summed E-state index contributed by atoms with van der Waals surface area (Å²) >= 11 is 5.36. The molecule has 0 saturated carbocycles. The van der Waals surface area contributed by atoms with Crippen molar-refractivity contribution in [3.63, 3.8) is 0 Å². The number of benzene rings is 1. The number of nitro benzene ring substituents is 1. The molecule has 1 aromatic carbocycles. The largest absolute Gasteiger partial charge is 0.467 e. The minimum atomic E-state index is -1.83. The van der Waals surface area contributed by atoms with Gasteiger partial charge in [-0.25, -0.2) is 9.59 Å². The number of amides is 2. The Bertz CT molecular complexity index is 1310. The summed E-state index contributed by atoms with van der Waals surface area (Å²) in [4.78, 5) is 85.3. The number of esters is 4. The maximum atomic E-state index is 12.6. The second kappa shape index (κ2) is 16.4. The van der Waals surface area contributed by atoms with Gasteiger partial charge in [-0.15, -0.1) is 0 Å². The summed E-state index contributed by atoms with van der Waals surface area (Å²) in [5.74, 6) is -4.30. The van der Waals surface area contributed by atoms with Crippen molar-refractivity contribution >= 4 is 52.6 Å². The minimum absolute atomic E-state index is 0.0881. The van der Waals surface area contributed by atoms with Crippen LogP contribution >= 0.6 is 11.6 Å². The molecule has 45 heavy (non-hydrogen) atoms. The lowest BCUT2D eigenvalue weighted by molar-refractivity contribution is -0.387. The van der Waals surface area contributed by atoms with Gasteiger partial charge in [-0.3, -0.25) is 29.3 Å². The van der Waals surface area contributed by atoms with Crippen LogP contribution in [0.25, 0.3) is 0 Å². The molecule has 0 aromatic heterocycles. The Labute approximate surface area is 261 Å². The molecule has 1 saturated heterocycles. The molecule has 2 amide bonds. The molecular formula is C26H32ClN3O15. The van der Waals surface area contributed by atoms with Crippen LogP contribution in [0.5, 0.6) is 5.75 Å². The van der Waals surface area contributed by atoms with Crippen LogP contribution < -0.4 is 4.74 Å².